The fourth-order valence-electron chi connectivity index (χ4n) is 1.67. The van der Waals surface area contributed by atoms with Crippen molar-refractivity contribution < 1.29 is 4.79 Å². The number of rotatable bonds is 6. The predicted molar refractivity (Wildman–Crippen MR) is 67.1 cm³/mol. The van der Waals surface area contributed by atoms with Crippen LogP contribution in [0, 0.1) is 0 Å². The van der Waals surface area contributed by atoms with Gasteiger partial charge in [0.25, 0.3) is 0 Å². The quantitative estimate of drug-likeness (QED) is 0.729. The maximum atomic E-state index is 11.6. The molecular weight excluding hydrogens is 198 g/mol. The molecule has 1 N–H and O–H groups in total. The number of nitrogens with one attached hydrogen (secondary N) is 1. The Balaban J connectivity index is 2.34. The van der Waals surface area contributed by atoms with Crippen LogP contribution in [0.4, 0.5) is 0 Å². The van der Waals surface area contributed by atoms with Gasteiger partial charge in [0, 0.05) is 6.42 Å². The lowest BCUT2D eigenvalue weighted by Crippen LogP contribution is -2.26. The SMILES string of the molecule is CCCCCC(=O)N[C@@H](C)c1ccccc1. The minimum Gasteiger partial charge on any atom is -0.350 e. The van der Waals surface area contributed by atoms with Crippen molar-refractivity contribution in [2.75, 3.05) is 0 Å². The molecule has 1 rings (SSSR count). The van der Waals surface area contributed by atoms with Crippen LogP contribution in [0.3, 0.4) is 0 Å². The molecule has 0 radical (unpaired) electrons. The molecule has 1 aromatic rings. The van der Waals surface area contributed by atoms with Gasteiger partial charge in [-0.2, -0.15) is 0 Å². The Labute approximate surface area is 98.1 Å². The number of amides is 1. The van der Waals surface area contributed by atoms with E-state index < -0.39 is 0 Å². The highest BCUT2D eigenvalue weighted by atomic mass is 16.1. The van der Waals surface area contributed by atoms with Gasteiger partial charge in [-0.25, -0.2) is 0 Å². The zero-order chi connectivity index (χ0) is 11.8. The Kier molecular flexibility index (Phi) is 5.62. The lowest BCUT2D eigenvalue weighted by atomic mass is 10.1. The van der Waals surface area contributed by atoms with E-state index in [1.165, 1.54) is 0 Å². The molecule has 0 aliphatic heterocycles. The average Bonchev–Trinajstić information content (AvgIpc) is 2.30. The molecule has 0 bridgehead atoms. The topological polar surface area (TPSA) is 29.1 Å². The van der Waals surface area contributed by atoms with E-state index in [2.05, 4.69) is 12.2 Å². The van der Waals surface area contributed by atoms with Crippen LogP contribution >= 0.6 is 0 Å². The first kappa shape index (κ1) is 12.8. The second-order valence-electron chi connectivity index (χ2n) is 4.16. The molecule has 0 aliphatic rings. The Hall–Kier alpha value is -1.31. The van der Waals surface area contributed by atoms with Crippen LogP contribution < -0.4 is 5.32 Å². The average molecular weight is 219 g/mol. The molecule has 2 heteroatoms. The van der Waals surface area contributed by atoms with E-state index in [9.17, 15) is 4.79 Å². The lowest BCUT2D eigenvalue weighted by molar-refractivity contribution is -0.121. The van der Waals surface area contributed by atoms with Gasteiger partial charge in [-0.05, 0) is 18.9 Å². The monoisotopic (exact) mass is 219 g/mol. The molecule has 0 unspecified atom stereocenters. The smallest absolute Gasteiger partial charge is 0.220 e. The van der Waals surface area contributed by atoms with Gasteiger partial charge in [0.2, 0.25) is 5.91 Å². The van der Waals surface area contributed by atoms with E-state index in [1.54, 1.807) is 0 Å². The molecule has 0 saturated heterocycles. The molecule has 0 saturated carbocycles. The molecule has 16 heavy (non-hydrogen) atoms. The van der Waals surface area contributed by atoms with Gasteiger partial charge >= 0.3 is 0 Å². The molecule has 0 aromatic heterocycles. The molecule has 1 aromatic carbocycles. The number of carbonyl (C=O) groups is 1. The van der Waals surface area contributed by atoms with Crippen molar-refractivity contribution in [2.24, 2.45) is 0 Å². The summed E-state index contributed by atoms with van der Waals surface area (Å²) in [4.78, 5) is 11.6. The van der Waals surface area contributed by atoms with Crippen molar-refractivity contribution in [1.82, 2.24) is 5.32 Å². The maximum Gasteiger partial charge on any atom is 0.220 e. The molecule has 0 fully saturated rings. The van der Waals surface area contributed by atoms with E-state index in [0.717, 1.165) is 24.8 Å². The predicted octanol–water partition coefficient (Wildman–Crippen LogP) is 3.44. The summed E-state index contributed by atoms with van der Waals surface area (Å²) in [5, 5.41) is 3.02. The van der Waals surface area contributed by atoms with Gasteiger partial charge in [0.1, 0.15) is 0 Å². The van der Waals surface area contributed by atoms with E-state index in [-0.39, 0.29) is 11.9 Å². The summed E-state index contributed by atoms with van der Waals surface area (Å²) >= 11 is 0. The van der Waals surface area contributed by atoms with Crippen LogP contribution in [0.1, 0.15) is 51.1 Å². The second-order valence-corrected chi connectivity index (χ2v) is 4.16. The number of carbonyl (C=O) groups excluding carboxylic acids is 1. The first-order valence-electron chi connectivity index (χ1n) is 6.08. The van der Waals surface area contributed by atoms with Crippen molar-refractivity contribution in [1.29, 1.82) is 0 Å². The fraction of sp³-hybridized carbons (Fsp3) is 0.500. The summed E-state index contributed by atoms with van der Waals surface area (Å²) in [5.41, 5.74) is 1.16. The second kappa shape index (κ2) is 7.04. The summed E-state index contributed by atoms with van der Waals surface area (Å²) in [7, 11) is 0. The molecule has 88 valence electrons. The number of hydrogen-bond acceptors (Lipinski definition) is 1. The molecule has 0 aliphatic carbocycles. The van der Waals surface area contributed by atoms with E-state index in [0.29, 0.717) is 6.42 Å². The van der Waals surface area contributed by atoms with Crippen molar-refractivity contribution in [2.45, 2.75) is 45.6 Å². The van der Waals surface area contributed by atoms with Crippen LogP contribution in [-0.4, -0.2) is 5.91 Å². The van der Waals surface area contributed by atoms with Crippen molar-refractivity contribution in [3.63, 3.8) is 0 Å². The third-order valence-electron chi connectivity index (χ3n) is 2.68. The maximum absolute atomic E-state index is 11.6. The van der Waals surface area contributed by atoms with E-state index in [4.69, 9.17) is 0 Å². The largest absolute Gasteiger partial charge is 0.350 e. The van der Waals surface area contributed by atoms with Crippen LogP contribution in [-0.2, 0) is 4.79 Å². The Bertz CT molecular complexity index is 308. The third kappa shape index (κ3) is 4.47. The van der Waals surface area contributed by atoms with E-state index in [1.807, 2.05) is 37.3 Å². The fourth-order valence-corrected chi connectivity index (χ4v) is 1.67. The summed E-state index contributed by atoms with van der Waals surface area (Å²) < 4.78 is 0. The first-order valence-corrected chi connectivity index (χ1v) is 6.08. The van der Waals surface area contributed by atoms with Gasteiger partial charge in [-0.15, -0.1) is 0 Å². The van der Waals surface area contributed by atoms with Gasteiger partial charge < -0.3 is 5.32 Å². The lowest BCUT2D eigenvalue weighted by Gasteiger charge is -2.14. The number of hydrogen-bond donors (Lipinski definition) is 1. The normalized spacial score (nSPS) is 12.1. The Morgan fingerprint density at radius 1 is 1.25 bits per heavy atom. The molecule has 1 atom stereocenters. The van der Waals surface area contributed by atoms with Crippen LogP contribution in [0.25, 0.3) is 0 Å². The summed E-state index contributed by atoms with van der Waals surface area (Å²) in [6.07, 6.45) is 3.92. The van der Waals surface area contributed by atoms with Crippen LogP contribution in [0.5, 0.6) is 0 Å². The summed E-state index contributed by atoms with van der Waals surface area (Å²) in [6.45, 7) is 4.16. The summed E-state index contributed by atoms with van der Waals surface area (Å²) in [5.74, 6) is 0.157. The van der Waals surface area contributed by atoms with Gasteiger partial charge in [0.05, 0.1) is 6.04 Å². The minimum absolute atomic E-state index is 0.107. The summed E-state index contributed by atoms with van der Waals surface area (Å²) in [6, 6.07) is 10.2. The van der Waals surface area contributed by atoms with Crippen LogP contribution in [0.2, 0.25) is 0 Å². The Morgan fingerprint density at radius 2 is 1.94 bits per heavy atom. The first-order chi connectivity index (χ1) is 7.74. The van der Waals surface area contributed by atoms with Gasteiger partial charge in [0.15, 0.2) is 0 Å². The van der Waals surface area contributed by atoms with Crippen molar-refractivity contribution in [3.05, 3.63) is 35.9 Å². The molecule has 1 amide bonds. The standard InChI is InChI=1S/C14H21NO/c1-3-4-6-11-14(16)15-12(2)13-9-7-5-8-10-13/h5,7-10,12H,3-4,6,11H2,1-2H3,(H,15,16)/t12-/m0/s1. The van der Waals surface area contributed by atoms with Gasteiger partial charge in [-0.3, -0.25) is 4.79 Å². The number of benzene rings is 1. The molecule has 2 nitrogen and oxygen atoms in total. The number of unbranched alkanes of at least 4 members (excludes halogenated alkanes) is 2. The zero-order valence-electron chi connectivity index (χ0n) is 10.2. The third-order valence-corrected chi connectivity index (χ3v) is 2.68. The molecular formula is C14H21NO. The minimum atomic E-state index is 0.107. The van der Waals surface area contributed by atoms with Crippen molar-refractivity contribution >= 4 is 5.91 Å². The highest BCUT2D eigenvalue weighted by molar-refractivity contribution is 5.76. The van der Waals surface area contributed by atoms with Crippen LogP contribution in [0.15, 0.2) is 30.3 Å². The van der Waals surface area contributed by atoms with Gasteiger partial charge in [-0.1, -0.05) is 50.1 Å². The zero-order valence-corrected chi connectivity index (χ0v) is 10.2. The molecule has 0 spiro atoms. The van der Waals surface area contributed by atoms with Crippen molar-refractivity contribution in [3.8, 4) is 0 Å². The molecule has 0 heterocycles. The Morgan fingerprint density at radius 3 is 2.56 bits per heavy atom. The van der Waals surface area contributed by atoms with E-state index >= 15 is 0 Å². The highest BCUT2D eigenvalue weighted by Gasteiger charge is 2.08. The highest BCUT2D eigenvalue weighted by Crippen LogP contribution is 2.11.